The molecule has 0 fully saturated rings. The second-order valence-electron chi connectivity index (χ2n) is 0.0833. The fraction of sp³-hybridized carbons (Fsp3) is 0. The molecule has 0 aromatic heterocycles. The van der Waals surface area contributed by atoms with Crippen molar-refractivity contribution in [2.75, 3.05) is 0 Å². The van der Waals surface area contributed by atoms with Gasteiger partial charge in [0.15, 0.2) is 0 Å². The van der Waals surface area contributed by atoms with E-state index < -0.39 is 0 Å². The molecule has 0 bridgehead atoms. The van der Waals surface area contributed by atoms with Crippen molar-refractivity contribution < 1.29 is 3.08 Å². The van der Waals surface area contributed by atoms with Gasteiger partial charge in [0, 0.05) is 0 Å². The van der Waals surface area contributed by atoms with Gasteiger partial charge in [0.2, 0.25) is 0 Å². The zero-order valence-corrected chi connectivity index (χ0v) is 11.4. The third kappa shape index (κ3) is 21.3. The summed E-state index contributed by atoms with van der Waals surface area (Å²) in [6.07, 6.45) is 0. The molecule has 5 heteroatoms. The van der Waals surface area contributed by atoms with Crippen molar-refractivity contribution in [1.82, 2.24) is 0 Å². The quantitative estimate of drug-likeness (QED) is 0.437. The minimum atomic E-state index is -0.0200. The van der Waals surface area contributed by atoms with Crippen LogP contribution < -0.4 is 0 Å². The van der Waals surface area contributed by atoms with Gasteiger partial charge in [-0.05, 0) is 0 Å². The predicted octanol–water partition coefficient (Wildman–Crippen LogP) is -1.64. The summed E-state index contributed by atoms with van der Waals surface area (Å²) in [7, 11) is 0. The molecule has 0 N–H and O–H groups in total. The summed E-state index contributed by atoms with van der Waals surface area (Å²) in [4.78, 5) is 0. The molecule has 0 saturated heterocycles. The van der Waals surface area contributed by atoms with Crippen LogP contribution in [0.5, 0.6) is 0 Å². The molecule has 2 radical (unpaired) electrons. The van der Waals surface area contributed by atoms with Crippen LogP contribution >= 0.6 is 0 Å². The van der Waals surface area contributed by atoms with Crippen molar-refractivity contribution in [2.24, 2.45) is 0 Å². The number of hydrogen-bond acceptors (Lipinski definition) is 1. The molecular weight excluding hydrogens is 411 g/mol. The minimum absolute atomic E-state index is 0.0200. The molecule has 0 aliphatic carbocycles. The maximum atomic E-state index is 8.34. The standard InChI is InChI=1S/O.2Se.2Sn. The van der Waals surface area contributed by atoms with Gasteiger partial charge in [-0.1, -0.05) is 0 Å². The van der Waals surface area contributed by atoms with E-state index in [1.165, 1.54) is 0 Å². The first kappa shape index (κ1) is 10.4. The van der Waals surface area contributed by atoms with Gasteiger partial charge < -0.3 is 0 Å². The normalized spacial score (nSPS) is 2.40. The van der Waals surface area contributed by atoms with Gasteiger partial charge in [-0.25, -0.2) is 0 Å². The van der Waals surface area contributed by atoms with E-state index in [-0.39, 0.29) is 15.5 Å². The molecule has 0 heterocycles. The zero-order chi connectivity index (χ0) is 4.71. The molecule has 0 saturated carbocycles. The van der Waals surface area contributed by atoms with E-state index in [1.807, 2.05) is 0 Å². The summed E-state index contributed by atoms with van der Waals surface area (Å²) >= 11 is 6.12. The summed E-state index contributed by atoms with van der Waals surface area (Å²) in [6.45, 7) is 0. The molecule has 0 aliphatic heterocycles. The average molecular weight is 411 g/mol. The van der Waals surface area contributed by atoms with E-state index in [0.717, 1.165) is 0 Å². The molecule has 0 atom stereocenters. The van der Waals surface area contributed by atoms with Crippen molar-refractivity contribution in [3.63, 3.8) is 0 Å². The van der Waals surface area contributed by atoms with Gasteiger partial charge in [0.1, 0.15) is 0 Å². The Labute approximate surface area is 64.2 Å². The Morgan fingerprint density at radius 3 is 1.40 bits per heavy atom. The Kier molecular flexibility index (Phi) is 33.6. The van der Waals surface area contributed by atoms with Crippen LogP contribution in [0.2, 0.25) is 0 Å². The van der Waals surface area contributed by atoms with Crippen LogP contribution in [0.4, 0.5) is 0 Å². The topological polar surface area (TPSA) is 17.1 Å². The van der Waals surface area contributed by atoms with E-state index in [4.69, 9.17) is 3.08 Å². The monoisotopic (exact) mass is 416 g/mol. The summed E-state index contributed by atoms with van der Waals surface area (Å²) in [6, 6.07) is 0. The van der Waals surface area contributed by atoms with Gasteiger partial charge >= 0.3 is 65.5 Å². The van der Waals surface area contributed by atoms with Crippen LogP contribution in [-0.2, 0) is 3.08 Å². The zero-order valence-electron chi connectivity index (χ0n) is 2.22. The summed E-state index contributed by atoms with van der Waals surface area (Å²) in [5.41, 5.74) is 0. The van der Waals surface area contributed by atoms with Crippen LogP contribution in [0.3, 0.4) is 0 Å². The first-order chi connectivity index (χ1) is 2.41. The summed E-state index contributed by atoms with van der Waals surface area (Å²) < 4.78 is 8.34. The van der Waals surface area contributed by atoms with Gasteiger partial charge in [0.05, 0.1) is 0 Å². The average Bonchev–Trinajstić information content (AvgIpc) is 1.46. The molecule has 1 nitrogen and oxygen atoms in total. The Morgan fingerprint density at radius 2 is 1.40 bits per heavy atom. The first-order valence-corrected chi connectivity index (χ1v) is 15.6. The van der Waals surface area contributed by atoms with Crippen LogP contribution in [0, 0.1) is 0 Å². The maximum absolute atomic E-state index is 8.34. The second kappa shape index (κ2) is 16.1. The van der Waals surface area contributed by atoms with E-state index >= 15 is 0 Å². The molecule has 0 amide bonds. The van der Waals surface area contributed by atoms with E-state index in [0.29, 0.717) is 22.5 Å². The van der Waals surface area contributed by atoms with Gasteiger partial charge in [-0.3, -0.25) is 0 Å². The molecular formula is OSe2Sn2. The number of rotatable bonds is 0. The van der Waals surface area contributed by atoms with Crippen molar-refractivity contribution >= 4 is 62.4 Å². The van der Waals surface area contributed by atoms with Gasteiger partial charge in [-0.2, -0.15) is 0 Å². The molecule has 0 aliphatic rings. The molecule has 26 valence electrons. The fourth-order valence-electron chi connectivity index (χ4n) is 0. The second-order valence-corrected chi connectivity index (χ2v) is 15.1. The van der Waals surface area contributed by atoms with Crippen LogP contribution in [0.15, 0.2) is 0 Å². The molecule has 0 aromatic carbocycles. The van der Waals surface area contributed by atoms with Crippen molar-refractivity contribution in [3.05, 3.63) is 0 Å². The first-order valence-electron chi connectivity index (χ1n) is 0.612. The molecule has 5 heavy (non-hydrogen) atoms. The van der Waals surface area contributed by atoms with Crippen LogP contribution in [0.25, 0.3) is 0 Å². The Bertz CT molecular complexity index is 36.9. The molecule has 0 unspecified atom stereocenters. The Morgan fingerprint density at radius 1 is 1.40 bits per heavy atom. The molecule has 0 rings (SSSR count). The summed E-state index contributed by atoms with van der Waals surface area (Å²) in [5, 5.41) is 0. The van der Waals surface area contributed by atoms with Gasteiger partial charge in [-0.15, -0.1) is 0 Å². The van der Waals surface area contributed by atoms with Crippen LogP contribution in [0.1, 0.15) is 0 Å². The Balaban J connectivity index is 0. The third-order valence-electron chi connectivity index (χ3n) is 0. The number of hydrogen-bond donors (Lipinski definition) is 0. The van der Waals surface area contributed by atoms with E-state index in [1.54, 1.807) is 0 Å². The van der Waals surface area contributed by atoms with E-state index in [2.05, 4.69) is 24.4 Å². The van der Waals surface area contributed by atoms with Crippen LogP contribution in [-0.4, -0.2) is 62.4 Å². The SMILES string of the molecule is [O]=[Sn].[Se]=[Sn]=[Se]. The van der Waals surface area contributed by atoms with Crippen molar-refractivity contribution in [3.8, 4) is 0 Å². The third-order valence-corrected chi connectivity index (χ3v) is 0. The molecule has 0 spiro atoms. The van der Waals surface area contributed by atoms with E-state index in [9.17, 15) is 0 Å². The Hall–Kier alpha value is 2.44. The summed E-state index contributed by atoms with van der Waals surface area (Å²) in [5.74, 6) is 0. The van der Waals surface area contributed by atoms with Crippen molar-refractivity contribution in [1.29, 1.82) is 0 Å². The molecule has 0 aromatic rings. The van der Waals surface area contributed by atoms with Gasteiger partial charge in [0.25, 0.3) is 0 Å². The van der Waals surface area contributed by atoms with Crippen molar-refractivity contribution in [2.45, 2.75) is 0 Å². The predicted molar refractivity (Wildman–Crippen MR) is 23.7 cm³/mol. The fourth-order valence-corrected chi connectivity index (χ4v) is 0.